The molecule has 0 fully saturated rings. The number of anilines is 1. The molecule has 256 valence electrons. The molecule has 8 rings (SSSR count). The summed E-state index contributed by atoms with van der Waals surface area (Å²) in [6.07, 6.45) is 2.05. The first kappa shape index (κ1) is 34.0. The molecule has 1 aromatic heterocycles. The van der Waals surface area contributed by atoms with Gasteiger partial charge >= 0.3 is 0 Å². The molecule has 1 N–H and O–H groups in total. The molecule has 2 heterocycles. The van der Waals surface area contributed by atoms with Crippen molar-refractivity contribution < 1.29 is 30.6 Å². The van der Waals surface area contributed by atoms with E-state index in [1.807, 2.05) is 24.3 Å². The van der Waals surface area contributed by atoms with Gasteiger partial charge in [0.2, 0.25) is 5.89 Å². The van der Waals surface area contributed by atoms with Crippen LogP contribution in [0.25, 0.3) is 33.7 Å². The number of para-hydroxylation sites is 2. The van der Waals surface area contributed by atoms with Gasteiger partial charge in [0.15, 0.2) is 0 Å². The molecule has 6 aromatic rings. The monoisotopic (exact) mass is 839 g/mol. The Labute approximate surface area is 309 Å². The van der Waals surface area contributed by atoms with Crippen LogP contribution in [0.4, 0.5) is 5.69 Å². The standard InChI is InChI=1S/C44H42N3O2.Pt/c1-43(2,3)30-24-31(44(4,5)6)26-32(25-30)47-36-22-21-27-13-7-8-16-33(27)39(36)45-41(47)29-15-11-14-28(23-29)34-18-12-20-38-40(34)46-42(49-38)35-17-9-10-19-37(35)48;/h7-20,24-26,36,39,48H,21-22H2,1-6H3;/q-1;/t36?,39-;/m0./s1. The van der Waals surface area contributed by atoms with Crippen LogP contribution in [0, 0.1) is 6.07 Å². The summed E-state index contributed by atoms with van der Waals surface area (Å²) in [4.78, 5) is 12.9. The van der Waals surface area contributed by atoms with Crippen molar-refractivity contribution in [3.63, 3.8) is 0 Å². The molecule has 6 heteroatoms. The molecule has 0 bridgehead atoms. The zero-order valence-electron chi connectivity index (χ0n) is 29.4. The maximum absolute atomic E-state index is 10.5. The van der Waals surface area contributed by atoms with Crippen molar-refractivity contribution in [2.75, 3.05) is 4.90 Å². The number of aryl methyl sites for hydroxylation is 1. The van der Waals surface area contributed by atoms with E-state index in [1.165, 1.54) is 27.9 Å². The van der Waals surface area contributed by atoms with E-state index in [0.29, 0.717) is 17.0 Å². The zero-order valence-corrected chi connectivity index (χ0v) is 31.7. The Morgan fingerprint density at radius 1 is 0.760 bits per heavy atom. The zero-order chi connectivity index (χ0) is 34.1. The van der Waals surface area contributed by atoms with Gasteiger partial charge < -0.3 is 14.4 Å². The minimum Gasteiger partial charge on any atom is -0.507 e. The molecule has 0 saturated heterocycles. The maximum Gasteiger partial charge on any atom is 0.230 e. The van der Waals surface area contributed by atoms with E-state index in [0.717, 1.165) is 40.9 Å². The number of rotatable bonds is 4. The fourth-order valence-electron chi connectivity index (χ4n) is 7.32. The van der Waals surface area contributed by atoms with Gasteiger partial charge in [-0.25, -0.2) is 4.98 Å². The largest absolute Gasteiger partial charge is 0.507 e. The third-order valence-corrected chi connectivity index (χ3v) is 10.1. The first-order valence-corrected chi connectivity index (χ1v) is 17.3. The molecular formula is C44H42N3O2Pt-. The van der Waals surface area contributed by atoms with E-state index < -0.39 is 0 Å². The maximum atomic E-state index is 10.5. The van der Waals surface area contributed by atoms with Crippen molar-refractivity contribution in [2.45, 2.75) is 77.3 Å². The first-order chi connectivity index (χ1) is 23.5. The number of aromatic nitrogens is 1. The van der Waals surface area contributed by atoms with Gasteiger partial charge in [-0.1, -0.05) is 107 Å². The summed E-state index contributed by atoms with van der Waals surface area (Å²) in [5.41, 5.74) is 11.3. The van der Waals surface area contributed by atoms with Crippen LogP contribution in [-0.2, 0) is 38.3 Å². The number of nitrogens with zero attached hydrogens (tertiary/aromatic N) is 3. The number of aromatic hydroxyl groups is 1. The number of oxazole rings is 1. The molecule has 0 saturated carbocycles. The molecular weight excluding hydrogens is 798 g/mol. The van der Waals surface area contributed by atoms with Crippen LogP contribution in [0.1, 0.15) is 81.8 Å². The Kier molecular flexibility index (Phi) is 8.63. The van der Waals surface area contributed by atoms with Gasteiger partial charge in [0, 0.05) is 26.8 Å². The molecule has 1 aliphatic carbocycles. The van der Waals surface area contributed by atoms with Gasteiger partial charge in [0.25, 0.3) is 0 Å². The molecule has 0 radical (unpaired) electrons. The average Bonchev–Trinajstić information content (AvgIpc) is 3.70. The predicted molar refractivity (Wildman–Crippen MR) is 200 cm³/mol. The first-order valence-electron chi connectivity index (χ1n) is 17.3. The number of aliphatic imine (C=N–C) groups is 1. The molecule has 5 aromatic carbocycles. The summed E-state index contributed by atoms with van der Waals surface area (Å²) >= 11 is 0. The third-order valence-electron chi connectivity index (χ3n) is 10.1. The second-order valence-corrected chi connectivity index (χ2v) is 15.5. The molecule has 0 amide bonds. The Balaban J connectivity index is 0.00000392. The summed E-state index contributed by atoms with van der Waals surface area (Å²) in [7, 11) is 0. The molecule has 5 nitrogen and oxygen atoms in total. The molecule has 1 unspecified atom stereocenters. The van der Waals surface area contributed by atoms with Gasteiger partial charge in [-0.15, -0.1) is 29.8 Å². The molecule has 1 aliphatic heterocycles. The van der Waals surface area contributed by atoms with Crippen LogP contribution in [-0.4, -0.2) is 22.0 Å². The average molecular weight is 840 g/mol. The van der Waals surface area contributed by atoms with Crippen molar-refractivity contribution >= 4 is 22.6 Å². The number of phenols is 1. The quantitative estimate of drug-likeness (QED) is 0.180. The second kappa shape index (κ2) is 12.7. The summed E-state index contributed by atoms with van der Waals surface area (Å²) in [6, 6.07) is 39.3. The van der Waals surface area contributed by atoms with Crippen molar-refractivity contribution in [2.24, 2.45) is 4.99 Å². The van der Waals surface area contributed by atoms with Crippen molar-refractivity contribution in [1.29, 1.82) is 0 Å². The normalized spacial score (nSPS) is 17.2. The van der Waals surface area contributed by atoms with Gasteiger partial charge in [-0.3, -0.25) is 4.99 Å². The van der Waals surface area contributed by atoms with Gasteiger partial charge in [0.1, 0.15) is 11.3 Å². The van der Waals surface area contributed by atoms with Crippen LogP contribution in [0.2, 0.25) is 0 Å². The van der Waals surface area contributed by atoms with E-state index in [9.17, 15) is 5.11 Å². The van der Waals surface area contributed by atoms with E-state index in [2.05, 4.69) is 119 Å². The van der Waals surface area contributed by atoms with Crippen molar-refractivity contribution in [3.05, 3.63) is 137 Å². The van der Waals surface area contributed by atoms with Crippen LogP contribution in [0.5, 0.6) is 5.75 Å². The smallest absolute Gasteiger partial charge is 0.230 e. The van der Waals surface area contributed by atoms with E-state index in [1.54, 1.807) is 12.1 Å². The van der Waals surface area contributed by atoms with Crippen LogP contribution < -0.4 is 4.90 Å². The number of phenolic OH excluding ortho intramolecular Hbond substituents is 1. The molecule has 50 heavy (non-hydrogen) atoms. The number of fused-ring (bicyclic) bond motifs is 4. The minimum absolute atomic E-state index is 0. The SMILES string of the molecule is CC(C)(C)c1cc(N2C(c3[c-]c(-c4cccc5oc(-c6ccccc6O)nc45)ccc3)=N[C@H]3c4ccccc4CCC32)cc(C(C)(C)C)c1.[Pt]. The van der Waals surface area contributed by atoms with Crippen molar-refractivity contribution in [1.82, 2.24) is 4.98 Å². The fourth-order valence-corrected chi connectivity index (χ4v) is 7.32. The number of hydrogen-bond donors (Lipinski definition) is 1. The topological polar surface area (TPSA) is 61.9 Å². The number of benzene rings is 5. The minimum atomic E-state index is -0.0106. The summed E-state index contributed by atoms with van der Waals surface area (Å²) in [6.45, 7) is 13.8. The Morgan fingerprint density at radius 3 is 2.16 bits per heavy atom. The number of hydrogen-bond acceptors (Lipinski definition) is 5. The molecule has 2 atom stereocenters. The third kappa shape index (κ3) is 6.00. The van der Waals surface area contributed by atoms with Gasteiger partial charge in [-0.05, 0) is 76.3 Å². The Morgan fingerprint density at radius 2 is 1.42 bits per heavy atom. The van der Waals surface area contributed by atoms with Crippen molar-refractivity contribution in [3.8, 4) is 28.3 Å². The summed E-state index contributed by atoms with van der Waals surface area (Å²) in [5.74, 6) is 1.47. The summed E-state index contributed by atoms with van der Waals surface area (Å²) < 4.78 is 6.16. The van der Waals surface area contributed by atoms with Crippen LogP contribution in [0.3, 0.4) is 0 Å². The Hall–Kier alpha value is -4.47. The van der Waals surface area contributed by atoms with Crippen LogP contribution in [0.15, 0.2) is 113 Å². The predicted octanol–water partition coefficient (Wildman–Crippen LogP) is 10.6. The summed E-state index contributed by atoms with van der Waals surface area (Å²) in [5, 5.41) is 10.5. The van der Waals surface area contributed by atoms with Gasteiger partial charge in [-0.2, -0.15) is 0 Å². The van der Waals surface area contributed by atoms with Crippen LogP contribution >= 0.6 is 0 Å². The Bertz CT molecular complexity index is 2220. The van der Waals surface area contributed by atoms with E-state index >= 15 is 0 Å². The number of amidine groups is 1. The van der Waals surface area contributed by atoms with E-state index in [-0.39, 0.29) is 49.7 Å². The fraction of sp³-hybridized carbons (Fsp3) is 0.273. The van der Waals surface area contributed by atoms with Gasteiger partial charge in [0.05, 0.1) is 29.0 Å². The molecule has 0 spiro atoms. The van der Waals surface area contributed by atoms with E-state index in [4.69, 9.17) is 14.4 Å². The molecule has 2 aliphatic rings. The second-order valence-electron chi connectivity index (χ2n) is 15.5.